The molecule has 2 N–H and O–H groups in total. The fraction of sp³-hybridized carbons (Fsp3) is 0.207. The molecule has 9 heteroatoms. The lowest BCUT2D eigenvalue weighted by molar-refractivity contribution is -0.123. The van der Waals surface area contributed by atoms with Crippen LogP contribution < -0.4 is 10.7 Å². The number of nitrogens with zero attached hydrogens (tertiary/aromatic N) is 2. The third-order valence-corrected chi connectivity index (χ3v) is 6.86. The molecule has 0 aliphatic rings. The Morgan fingerprint density at radius 3 is 2.45 bits per heavy atom. The van der Waals surface area contributed by atoms with Crippen LogP contribution in [-0.4, -0.2) is 28.6 Å². The summed E-state index contributed by atoms with van der Waals surface area (Å²) in [5, 5.41) is 8.53. The van der Waals surface area contributed by atoms with E-state index in [0.717, 1.165) is 27.7 Å². The van der Waals surface area contributed by atoms with Crippen LogP contribution in [0, 0.1) is 18.7 Å². The molecule has 0 aliphatic heterocycles. The zero-order valence-electron chi connectivity index (χ0n) is 21.1. The Morgan fingerprint density at radius 2 is 1.76 bits per heavy atom. The normalized spacial score (nSPS) is 12.3. The van der Waals surface area contributed by atoms with Crippen LogP contribution in [0.15, 0.2) is 71.8 Å². The number of carbonyl (C=O) groups is 2. The summed E-state index contributed by atoms with van der Waals surface area (Å²) in [7, 11) is 0. The topological polar surface area (TPSA) is 75.5 Å². The van der Waals surface area contributed by atoms with Gasteiger partial charge >= 0.3 is 0 Å². The van der Waals surface area contributed by atoms with E-state index in [9.17, 15) is 14.0 Å². The molecular formula is C29H27Cl2FN4O2. The number of aromatic nitrogens is 1. The van der Waals surface area contributed by atoms with Gasteiger partial charge in [0.1, 0.15) is 11.9 Å². The van der Waals surface area contributed by atoms with Gasteiger partial charge in [0.2, 0.25) is 0 Å². The standard InChI is InChI=1S/C29H27Cl2FN4O2/c1-17(2)27(34-28(37)23-13-10-20(30)14-25(23)31)29(38)35-33-15-24-18(3)36(26-7-5-4-6-22(24)26)16-19-8-11-21(32)12-9-19/h4-15,17,27H,16H2,1-3H3,(H,34,37)(H,35,38)/b33-15-. The van der Waals surface area contributed by atoms with Crippen molar-refractivity contribution >= 4 is 52.1 Å². The Kier molecular flexibility index (Phi) is 8.49. The fourth-order valence-corrected chi connectivity index (χ4v) is 4.75. The van der Waals surface area contributed by atoms with E-state index in [1.807, 2.05) is 45.0 Å². The maximum Gasteiger partial charge on any atom is 0.262 e. The molecule has 38 heavy (non-hydrogen) atoms. The Balaban J connectivity index is 1.53. The largest absolute Gasteiger partial charge is 0.340 e. The van der Waals surface area contributed by atoms with Crippen molar-refractivity contribution in [2.24, 2.45) is 11.0 Å². The Bertz CT molecular complexity index is 1510. The molecule has 196 valence electrons. The van der Waals surface area contributed by atoms with Crippen LogP contribution >= 0.6 is 23.2 Å². The maximum atomic E-state index is 13.4. The van der Waals surface area contributed by atoms with Gasteiger partial charge in [-0.05, 0) is 54.8 Å². The fourth-order valence-electron chi connectivity index (χ4n) is 4.25. The second-order valence-electron chi connectivity index (χ2n) is 9.28. The molecule has 4 aromatic rings. The summed E-state index contributed by atoms with van der Waals surface area (Å²) in [5.74, 6) is -1.43. The molecule has 1 atom stereocenters. The monoisotopic (exact) mass is 552 g/mol. The summed E-state index contributed by atoms with van der Waals surface area (Å²) >= 11 is 12.1. The molecular weight excluding hydrogens is 526 g/mol. The van der Waals surface area contributed by atoms with Crippen molar-refractivity contribution in [2.45, 2.75) is 33.4 Å². The molecule has 1 heterocycles. The molecule has 0 saturated heterocycles. The molecule has 0 aliphatic carbocycles. The van der Waals surface area contributed by atoms with Crippen LogP contribution in [0.3, 0.4) is 0 Å². The number of hydrazone groups is 1. The molecule has 2 amide bonds. The van der Waals surface area contributed by atoms with Crippen molar-refractivity contribution in [1.82, 2.24) is 15.3 Å². The van der Waals surface area contributed by atoms with Crippen molar-refractivity contribution in [3.05, 3.63) is 105 Å². The summed E-state index contributed by atoms with van der Waals surface area (Å²) in [6, 6.07) is 18.0. The molecule has 6 nitrogen and oxygen atoms in total. The minimum Gasteiger partial charge on any atom is -0.340 e. The second-order valence-corrected chi connectivity index (χ2v) is 10.1. The molecule has 0 bridgehead atoms. The highest BCUT2D eigenvalue weighted by Gasteiger charge is 2.25. The average Bonchev–Trinajstić information content (AvgIpc) is 3.14. The predicted molar refractivity (Wildman–Crippen MR) is 150 cm³/mol. The number of amides is 2. The molecule has 3 aromatic carbocycles. The van der Waals surface area contributed by atoms with Gasteiger partial charge in [-0.2, -0.15) is 5.10 Å². The summed E-state index contributed by atoms with van der Waals surface area (Å²) in [5.41, 5.74) is 6.53. The SMILES string of the molecule is Cc1c(/C=N\NC(=O)C(NC(=O)c2ccc(Cl)cc2Cl)C(C)C)c2ccccc2n1Cc1ccc(F)cc1. The first-order valence-corrected chi connectivity index (χ1v) is 12.8. The van der Waals surface area contributed by atoms with Crippen molar-refractivity contribution in [3.63, 3.8) is 0 Å². The van der Waals surface area contributed by atoms with Crippen LogP contribution in [0.4, 0.5) is 4.39 Å². The highest BCUT2D eigenvalue weighted by atomic mass is 35.5. The van der Waals surface area contributed by atoms with Gasteiger partial charge in [0.25, 0.3) is 11.8 Å². The number of nitrogens with one attached hydrogen (secondary N) is 2. The smallest absolute Gasteiger partial charge is 0.262 e. The lowest BCUT2D eigenvalue weighted by Crippen LogP contribution is -2.48. The number of rotatable bonds is 8. The van der Waals surface area contributed by atoms with E-state index in [0.29, 0.717) is 11.6 Å². The van der Waals surface area contributed by atoms with Gasteiger partial charge in [-0.1, -0.05) is 67.4 Å². The third-order valence-electron chi connectivity index (χ3n) is 6.31. The van der Waals surface area contributed by atoms with Gasteiger partial charge in [-0.15, -0.1) is 0 Å². The average molecular weight is 553 g/mol. The number of carbonyl (C=O) groups excluding carboxylic acids is 2. The second kappa shape index (κ2) is 11.8. The Hall–Kier alpha value is -3.68. The van der Waals surface area contributed by atoms with E-state index in [4.69, 9.17) is 23.2 Å². The van der Waals surface area contributed by atoms with E-state index in [-0.39, 0.29) is 22.3 Å². The molecule has 0 fully saturated rings. The number of hydrogen-bond donors (Lipinski definition) is 2. The first-order valence-electron chi connectivity index (χ1n) is 12.1. The van der Waals surface area contributed by atoms with E-state index < -0.39 is 17.9 Å². The van der Waals surface area contributed by atoms with E-state index in [1.165, 1.54) is 24.3 Å². The van der Waals surface area contributed by atoms with E-state index in [2.05, 4.69) is 20.4 Å². The lowest BCUT2D eigenvalue weighted by Gasteiger charge is -2.20. The molecule has 4 rings (SSSR count). The number of hydrogen-bond acceptors (Lipinski definition) is 3. The van der Waals surface area contributed by atoms with Crippen molar-refractivity contribution in [2.75, 3.05) is 0 Å². The molecule has 1 unspecified atom stereocenters. The van der Waals surface area contributed by atoms with Crippen molar-refractivity contribution < 1.29 is 14.0 Å². The van der Waals surface area contributed by atoms with Crippen LogP contribution in [-0.2, 0) is 11.3 Å². The van der Waals surface area contributed by atoms with Crippen molar-refractivity contribution in [3.8, 4) is 0 Å². The Morgan fingerprint density at radius 1 is 1.05 bits per heavy atom. The minimum atomic E-state index is -0.840. The minimum absolute atomic E-state index is 0.198. The maximum absolute atomic E-state index is 13.4. The summed E-state index contributed by atoms with van der Waals surface area (Å²) < 4.78 is 15.5. The number of para-hydroxylation sites is 1. The molecule has 1 aromatic heterocycles. The van der Waals surface area contributed by atoms with Crippen molar-refractivity contribution in [1.29, 1.82) is 0 Å². The van der Waals surface area contributed by atoms with Crippen LogP contribution in [0.25, 0.3) is 10.9 Å². The highest BCUT2D eigenvalue weighted by molar-refractivity contribution is 6.36. The van der Waals surface area contributed by atoms with Gasteiger partial charge in [0, 0.05) is 33.7 Å². The summed E-state index contributed by atoms with van der Waals surface area (Å²) in [6.07, 6.45) is 1.60. The highest BCUT2D eigenvalue weighted by Crippen LogP contribution is 2.26. The van der Waals surface area contributed by atoms with Crippen LogP contribution in [0.5, 0.6) is 0 Å². The zero-order chi connectivity index (χ0) is 27.4. The lowest BCUT2D eigenvalue weighted by atomic mass is 10.0. The van der Waals surface area contributed by atoms with E-state index >= 15 is 0 Å². The van der Waals surface area contributed by atoms with Gasteiger partial charge in [-0.25, -0.2) is 9.82 Å². The number of halogens is 3. The van der Waals surface area contributed by atoms with Crippen LogP contribution in [0.1, 0.15) is 41.0 Å². The van der Waals surface area contributed by atoms with Gasteiger partial charge in [-0.3, -0.25) is 9.59 Å². The number of benzene rings is 3. The molecule has 0 spiro atoms. The summed E-state index contributed by atoms with van der Waals surface area (Å²) in [6.45, 7) is 6.18. The van der Waals surface area contributed by atoms with Gasteiger partial charge in [0.15, 0.2) is 0 Å². The quantitative estimate of drug-likeness (QED) is 0.197. The van der Waals surface area contributed by atoms with Crippen LogP contribution in [0.2, 0.25) is 10.0 Å². The third kappa shape index (κ3) is 6.06. The first-order chi connectivity index (χ1) is 18.2. The van der Waals surface area contributed by atoms with E-state index in [1.54, 1.807) is 24.4 Å². The zero-order valence-corrected chi connectivity index (χ0v) is 22.6. The predicted octanol–water partition coefficient (Wildman–Crippen LogP) is 6.35. The summed E-state index contributed by atoms with van der Waals surface area (Å²) in [4.78, 5) is 25.7. The first kappa shape index (κ1) is 27.4. The van der Waals surface area contributed by atoms with Gasteiger partial charge < -0.3 is 9.88 Å². The Labute approximate surface area is 230 Å². The number of fused-ring (bicyclic) bond motifs is 1. The molecule has 0 radical (unpaired) electrons. The van der Waals surface area contributed by atoms with Gasteiger partial charge in [0.05, 0.1) is 16.8 Å². The molecule has 0 saturated carbocycles.